The van der Waals surface area contributed by atoms with Gasteiger partial charge >= 0.3 is 25.3 Å². The van der Waals surface area contributed by atoms with Gasteiger partial charge in [-0.25, -0.2) is 14.4 Å². The molecule has 0 radical (unpaired) electrons. The molecule has 4 aliphatic heterocycles. The number of carboxylic acids is 1. The van der Waals surface area contributed by atoms with Crippen molar-refractivity contribution in [1.29, 1.82) is 0 Å². The molecule has 15 rings (SSSR count). The predicted octanol–water partition coefficient (Wildman–Crippen LogP) is 16.0. The van der Waals surface area contributed by atoms with Crippen LogP contribution in [-0.2, 0) is 28.4 Å². The van der Waals surface area contributed by atoms with Crippen LogP contribution in [0.2, 0.25) is 15.1 Å². The van der Waals surface area contributed by atoms with Gasteiger partial charge in [0.2, 0.25) is 0 Å². The Balaban J connectivity index is 0.000000158. The lowest BCUT2D eigenvalue weighted by atomic mass is 9.79. The maximum absolute atomic E-state index is 13.0. The van der Waals surface area contributed by atoms with Gasteiger partial charge in [-0.1, -0.05) is 78.6 Å². The van der Waals surface area contributed by atoms with E-state index in [0.29, 0.717) is 142 Å². The molecule has 3 aromatic heterocycles. The van der Waals surface area contributed by atoms with Gasteiger partial charge in [0.15, 0.2) is 5.60 Å². The summed E-state index contributed by atoms with van der Waals surface area (Å²) in [5.41, 5.74) is 5.76. The Hall–Kier alpha value is -8.92. The minimum atomic E-state index is -1.33. The van der Waals surface area contributed by atoms with Crippen molar-refractivity contribution in [3.05, 3.63) is 182 Å². The molecule has 0 bridgehead atoms. The van der Waals surface area contributed by atoms with Crippen LogP contribution in [0.15, 0.2) is 150 Å². The molecule has 6 amide bonds. The maximum Gasteiger partial charge on any atom is 0.494 e. The number of carbonyl (C=O) groups is 7. The summed E-state index contributed by atoms with van der Waals surface area (Å²) in [5, 5.41) is 31.7. The third-order valence-corrected chi connectivity index (χ3v) is 22.5. The number of hydrogen-bond donors (Lipinski definition) is 5. The van der Waals surface area contributed by atoms with Crippen molar-refractivity contribution in [2.24, 2.45) is 0 Å². The number of hydrogen-bond acceptors (Lipinski definition) is 13. The summed E-state index contributed by atoms with van der Waals surface area (Å²) >= 11 is 22.5. The second-order valence-corrected chi connectivity index (χ2v) is 34.3. The van der Waals surface area contributed by atoms with Crippen LogP contribution in [-0.4, -0.2) is 220 Å². The number of H-pyrrole nitrogens is 2. The Kier molecular flexibility index (Phi) is 26.8. The van der Waals surface area contributed by atoms with Crippen molar-refractivity contribution in [1.82, 2.24) is 43.9 Å². The first kappa shape index (κ1) is 86.5. The van der Waals surface area contributed by atoms with Gasteiger partial charge in [-0.3, -0.25) is 19.2 Å². The van der Waals surface area contributed by atoms with E-state index in [0.717, 1.165) is 54.0 Å². The zero-order valence-corrected chi connectivity index (χ0v) is 69.2. The predicted molar refractivity (Wildman–Crippen MR) is 447 cm³/mol. The fraction of sp³-hybridized carbons (Fsp3) is 0.424. The molecule has 113 heavy (non-hydrogen) atoms. The van der Waals surface area contributed by atoms with Crippen LogP contribution in [0.1, 0.15) is 153 Å². The first-order valence-corrected chi connectivity index (χ1v) is 39.6. The Morgan fingerprint density at radius 2 is 0.876 bits per heavy atom. The lowest BCUT2D eigenvalue weighted by molar-refractivity contribution is -0.149. The highest BCUT2D eigenvalue weighted by molar-refractivity contribution is 9.10. The van der Waals surface area contributed by atoms with Gasteiger partial charge < -0.3 is 78.0 Å². The summed E-state index contributed by atoms with van der Waals surface area (Å²) < 4.78 is 25.8. The highest BCUT2D eigenvalue weighted by Gasteiger charge is 2.53. The van der Waals surface area contributed by atoms with Gasteiger partial charge in [0.25, 0.3) is 23.6 Å². The van der Waals surface area contributed by atoms with Gasteiger partial charge in [-0.15, -0.1) is 0 Å². The zero-order chi connectivity index (χ0) is 81.2. The third-order valence-electron chi connectivity index (χ3n) is 20.7. The Morgan fingerprint density at radius 3 is 1.27 bits per heavy atom. The smallest absolute Gasteiger partial charge is 0.479 e. The summed E-state index contributed by atoms with van der Waals surface area (Å²) in [6, 6.07) is 41.2. The third kappa shape index (κ3) is 21.2. The van der Waals surface area contributed by atoms with Gasteiger partial charge in [-0.05, 0) is 243 Å². The van der Waals surface area contributed by atoms with E-state index in [1.807, 2.05) is 96.4 Å². The number of aromatic nitrogens is 3. The number of aromatic amines is 2. The van der Waals surface area contributed by atoms with Crippen LogP contribution in [0.25, 0.3) is 55.0 Å². The standard InChI is InChI=1S/C26H28ClN3O3.C24H26ClN3O3.C16H20BrClN2O3.C14H18BNO2.C4H6O3.CH4/c1-17(2)30-10-7-19-15-18(4-6-23(19)30)21-5-3-20(16-22(21)27)24(31)28-11-13-29(14-12-28)25(32)26(33)8-9-26;1-24(2,3)31-23(30)28-12-10-27(11-13-28)22(29)18-4-6-19(20(25)15-18)16-5-7-21-17(14-16)8-9-26-21;1-16(2,3)23-15(22)20-8-6-19(7-9-20)14(21)11-4-5-12(17)13(18)10-11;1-13(2)14(3,4)18-15(17-13)11-5-6-12-10(9-11)7-8-16-12;5-3(6)4(7)1-2-4;/h3-7,10,15-17,33H,8-9,11-14H2,1-2H3;4-9,14-15,26H,10-13H2,1-3H3;4-5,10H,6-9H2,1-3H3;5-9,16H,1-4H3;7H,1-2H2,(H,5,6);1H4. The van der Waals surface area contributed by atoms with E-state index < -0.39 is 28.4 Å². The number of aliphatic carboxylic acids is 1. The van der Waals surface area contributed by atoms with Gasteiger partial charge in [0.05, 0.1) is 16.2 Å². The highest BCUT2D eigenvalue weighted by atomic mass is 79.9. The van der Waals surface area contributed by atoms with E-state index in [2.05, 4.69) is 133 Å². The zero-order valence-electron chi connectivity index (χ0n) is 65.3. The van der Waals surface area contributed by atoms with E-state index in [1.54, 1.807) is 59.7 Å². The number of nitrogens with one attached hydrogen (secondary N) is 2. The molecule has 602 valence electrons. The van der Waals surface area contributed by atoms with Crippen LogP contribution in [0.4, 0.5) is 9.59 Å². The topological polar surface area (TPSA) is 273 Å². The fourth-order valence-electron chi connectivity index (χ4n) is 13.1. The average Bonchev–Trinajstić information content (AvgIpc) is 1.66. The molecule has 0 atom stereocenters. The molecule has 5 N–H and O–H groups in total. The molecule has 7 heterocycles. The molecule has 2 aliphatic carbocycles. The molecule has 6 fully saturated rings. The summed E-state index contributed by atoms with van der Waals surface area (Å²) in [7, 11) is -0.283. The molecular formula is C85H102BBrCl3N9O14. The Bertz CT molecular complexity index is 4960. The molecule has 2 saturated carbocycles. The minimum Gasteiger partial charge on any atom is -0.479 e. The normalized spacial score (nSPS) is 17.3. The van der Waals surface area contributed by atoms with Crippen LogP contribution < -0.4 is 5.46 Å². The van der Waals surface area contributed by atoms with Crippen molar-refractivity contribution >= 4 is 138 Å². The van der Waals surface area contributed by atoms with Crippen molar-refractivity contribution in [2.75, 3.05) is 78.5 Å². The Labute approximate surface area is 683 Å². The number of fused-ring (bicyclic) bond motifs is 3. The summed E-state index contributed by atoms with van der Waals surface area (Å²) in [5.74, 6) is -1.55. The van der Waals surface area contributed by atoms with Gasteiger partial charge in [-0.2, -0.15) is 0 Å². The number of benzene rings is 6. The number of rotatable bonds is 9. The van der Waals surface area contributed by atoms with Crippen LogP contribution in [0, 0.1) is 0 Å². The number of piperazine rings is 3. The van der Waals surface area contributed by atoms with Gasteiger partial charge in [0, 0.05) is 167 Å². The van der Waals surface area contributed by atoms with Crippen LogP contribution in [0.3, 0.4) is 0 Å². The quantitative estimate of drug-likeness (QED) is 0.0841. The maximum atomic E-state index is 13.0. The van der Waals surface area contributed by atoms with E-state index in [-0.39, 0.29) is 61.6 Å². The number of amides is 6. The molecule has 4 saturated heterocycles. The molecule has 6 aliphatic rings. The van der Waals surface area contributed by atoms with Crippen molar-refractivity contribution in [3.63, 3.8) is 0 Å². The number of nitrogens with zero attached hydrogens (tertiary/aromatic N) is 7. The number of carbonyl (C=O) groups excluding carboxylic acids is 6. The second kappa shape index (κ2) is 35.0. The molecule has 6 aromatic carbocycles. The largest absolute Gasteiger partial charge is 0.494 e. The first-order chi connectivity index (χ1) is 52.7. The molecule has 0 spiro atoms. The average molecular weight is 1670 g/mol. The van der Waals surface area contributed by atoms with Gasteiger partial charge in [0.1, 0.15) is 16.8 Å². The molecule has 23 nitrogen and oxygen atoms in total. The van der Waals surface area contributed by atoms with E-state index in [1.165, 1.54) is 10.9 Å². The Morgan fingerprint density at radius 1 is 0.487 bits per heavy atom. The lowest BCUT2D eigenvalue weighted by Gasteiger charge is -2.35. The highest BCUT2D eigenvalue weighted by Crippen LogP contribution is 2.40. The van der Waals surface area contributed by atoms with Crippen molar-refractivity contribution in [3.8, 4) is 22.3 Å². The SMILES string of the molecule is C.CC(C)(C)OC(=O)N1CCN(C(=O)c2ccc(-c3ccc4[nH]ccc4c3)c(Cl)c2)CC1.CC(C)(C)OC(=O)N1CCN(C(=O)c2ccc(Br)c(Cl)c2)CC1.CC(C)n1ccc2cc(-c3ccc(C(=O)N4CCN(C(=O)C5(O)CC5)CC4)cc3Cl)ccc21.CC1(C)OB(c2ccc3[nH]ccc3c2)OC1(C)C.O=C(O)C1(O)CC1. The summed E-state index contributed by atoms with van der Waals surface area (Å²) in [6.07, 6.45) is 7.17. The number of halogens is 4. The van der Waals surface area contributed by atoms with Crippen LogP contribution in [0.5, 0.6) is 0 Å². The first-order valence-electron chi connectivity index (χ1n) is 37.7. The van der Waals surface area contributed by atoms with E-state index in [4.69, 9.17) is 63.8 Å². The monoisotopic (exact) mass is 1670 g/mol. The molecule has 9 aromatic rings. The van der Waals surface area contributed by atoms with Crippen LogP contribution >= 0.6 is 50.7 Å². The number of aliphatic hydroxyl groups is 2. The second-order valence-electron chi connectivity index (χ2n) is 32.3. The lowest BCUT2D eigenvalue weighted by Crippen LogP contribution is -2.53. The number of carboxylic acid groups (broad SMARTS) is 1. The van der Waals surface area contributed by atoms with E-state index in [9.17, 15) is 38.7 Å². The molecular weight excluding hydrogens is 1570 g/mol. The molecule has 0 unspecified atom stereocenters. The summed E-state index contributed by atoms with van der Waals surface area (Å²) in [4.78, 5) is 101. The fourth-order valence-corrected chi connectivity index (χ4v) is 14.1. The summed E-state index contributed by atoms with van der Waals surface area (Å²) in [6.45, 7) is 29.1. The van der Waals surface area contributed by atoms with Crippen molar-refractivity contribution < 1.29 is 67.7 Å². The minimum absolute atomic E-state index is 0. The molecule has 28 heteroatoms. The number of ether oxygens (including phenoxy) is 2. The van der Waals surface area contributed by atoms with E-state index >= 15 is 0 Å². The van der Waals surface area contributed by atoms with Crippen molar-refractivity contribution in [2.45, 2.75) is 156 Å².